The van der Waals surface area contributed by atoms with Crippen LogP contribution in [0, 0.1) is 0 Å². The van der Waals surface area contributed by atoms with Gasteiger partial charge in [-0.3, -0.25) is 4.79 Å². The Morgan fingerprint density at radius 2 is 2.16 bits per heavy atom. The van der Waals surface area contributed by atoms with Gasteiger partial charge in [0.1, 0.15) is 18.5 Å². The number of halogens is 2. The quantitative estimate of drug-likeness (QED) is 0.777. The van der Waals surface area contributed by atoms with Crippen molar-refractivity contribution < 1.29 is 23.0 Å². The number of ether oxygens (including phenoxy) is 2. The highest BCUT2D eigenvalue weighted by atomic mass is 19.3. The van der Waals surface area contributed by atoms with Gasteiger partial charge in [-0.15, -0.1) is 0 Å². The van der Waals surface area contributed by atoms with Gasteiger partial charge in [0.25, 0.3) is 12.3 Å². The minimum absolute atomic E-state index is 0.314. The van der Waals surface area contributed by atoms with Crippen molar-refractivity contribution in [3.05, 3.63) is 18.2 Å². The maximum Gasteiger partial charge on any atom is 0.261 e. The Bertz CT molecular complexity index is 441. The summed E-state index contributed by atoms with van der Waals surface area (Å²) >= 11 is 0. The van der Waals surface area contributed by atoms with Crippen molar-refractivity contribution in [1.29, 1.82) is 0 Å². The van der Waals surface area contributed by atoms with Crippen LogP contribution in [0.25, 0.3) is 0 Å². The summed E-state index contributed by atoms with van der Waals surface area (Å²) in [6, 6.07) is 4.73. The van der Waals surface area contributed by atoms with Gasteiger partial charge in [0.2, 0.25) is 0 Å². The van der Waals surface area contributed by atoms with Crippen molar-refractivity contribution in [3.8, 4) is 5.75 Å². The second-order valence-electron chi connectivity index (χ2n) is 3.81. The minimum Gasteiger partial charge on any atom is -0.497 e. The van der Waals surface area contributed by atoms with Crippen LogP contribution in [-0.4, -0.2) is 32.2 Å². The van der Waals surface area contributed by atoms with Crippen LogP contribution in [-0.2, 0) is 9.53 Å². The van der Waals surface area contributed by atoms with Gasteiger partial charge in [-0.05, 0) is 19.1 Å². The normalized spacial score (nSPS) is 12.3. The van der Waals surface area contributed by atoms with Crippen LogP contribution in [0.15, 0.2) is 18.2 Å². The lowest BCUT2D eigenvalue weighted by atomic mass is 10.2. The molecule has 1 amide bonds. The molecule has 0 saturated carbocycles. The van der Waals surface area contributed by atoms with Crippen LogP contribution in [0.2, 0.25) is 0 Å². The Morgan fingerprint density at radius 1 is 1.47 bits per heavy atom. The van der Waals surface area contributed by atoms with Gasteiger partial charge in [-0.1, -0.05) is 0 Å². The first-order chi connectivity index (χ1) is 8.93. The van der Waals surface area contributed by atoms with Gasteiger partial charge in [0.15, 0.2) is 0 Å². The molecule has 1 atom stereocenters. The topological polar surface area (TPSA) is 73.6 Å². The van der Waals surface area contributed by atoms with E-state index in [4.69, 9.17) is 15.2 Å². The smallest absolute Gasteiger partial charge is 0.261 e. The number of alkyl halides is 2. The Kier molecular flexibility index (Phi) is 5.50. The monoisotopic (exact) mass is 274 g/mol. The van der Waals surface area contributed by atoms with E-state index < -0.39 is 25.0 Å². The molecule has 1 aromatic rings. The Morgan fingerprint density at radius 3 is 2.68 bits per heavy atom. The number of benzene rings is 1. The second kappa shape index (κ2) is 6.89. The van der Waals surface area contributed by atoms with E-state index in [0.29, 0.717) is 17.1 Å². The van der Waals surface area contributed by atoms with E-state index in [2.05, 4.69) is 5.32 Å². The highest BCUT2D eigenvalue weighted by molar-refractivity contribution is 5.96. The van der Waals surface area contributed by atoms with Crippen molar-refractivity contribution in [2.24, 2.45) is 0 Å². The average Bonchev–Trinajstić information content (AvgIpc) is 2.37. The first kappa shape index (κ1) is 15.2. The molecular formula is C12H16F2N2O3. The molecule has 0 fully saturated rings. The number of nitrogen functional groups attached to an aromatic ring is 1. The molecule has 0 radical (unpaired) electrons. The number of methoxy groups -OCH3 is 1. The number of carbonyl (C=O) groups excluding carboxylic acids is 1. The first-order valence-electron chi connectivity index (χ1n) is 5.58. The van der Waals surface area contributed by atoms with Gasteiger partial charge in [-0.2, -0.15) is 0 Å². The molecule has 7 heteroatoms. The van der Waals surface area contributed by atoms with Crippen molar-refractivity contribution in [2.75, 3.05) is 24.8 Å². The summed E-state index contributed by atoms with van der Waals surface area (Å²) in [5.74, 6) is 0.00927. The summed E-state index contributed by atoms with van der Waals surface area (Å²) in [5, 5.41) is 2.50. The molecule has 1 aromatic carbocycles. The summed E-state index contributed by atoms with van der Waals surface area (Å²) in [6.45, 7) is 0.601. The average molecular weight is 274 g/mol. The van der Waals surface area contributed by atoms with E-state index in [0.717, 1.165) is 0 Å². The van der Waals surface area contributed by atoms with Crippen molar-refractivity contribution >= 4 is 17.3 Å². The van der Waals surface area contributed by atoms with Crippen LogP contribution in [0.5, 0.6) is 5.75 Å². The molecule has 0 saturated heterocycles. The van der Waals surface area contributed by atoms with Gasteiger partial charge in [0.05, 0.1) is 18.5 Å². The van der Waals surface area contributed by atoms with Crippen LogP contribution in [0.3, 0.4) is 0 Å². The number of hydrogen-bond acceptors (Lipinski definition) is 4. The molecule has 0 aromatic heterocycles. The summed E-state index contributed by atoms with van der Waals surface area (Å²) < 4.78 is 33.5. The SMILES string of the molecule is COc1ccc(NC(=O)C(C)OCC(F)F)c(N)c1. The summed E-state index contributed by atoms with van der Waals surface area (Å²) in [7, 11) is 1.49. The first-order valence-corrected chi connectivity index (χ1v) is 5.58. The molecule has 1 unspecified atom stereocenters. The van der Waals surface area contributed by atoms with E-state index in [-0.39, 0.29) is 0 Å². The molecule has 0 aliphatic heterocycles. The largest absolute Gasteiger partial charge is 0.497 e. The number of nitrogens with one attached hydrogen (secondary N) is 1. The molecule has 0 spiro atoms. The van der Waals surface area contributed by atoms with Gasteiger partial charge >= 0.3 is 0 Å². The third-order valence-corrected chi connectivity index (χ3v) is 2.36. The minimum atomic E-state index is -2.61. The lowest BCUT2D eigenvalue weighted by Gasteiger charge is -2.14. The van der Waals surface area contributed by atoms with E-state index in [1.54, 1.807) is 18.2 Å². The van der Waals surface area contributed by atoms with Crippen LogP contribution in [0.1, 0.15) is 6.92 Å². The van der Waals surface area contributed by atoms with Gasteiger partial charge in [0, 0.05) is 6.07 Å². The van der Waals surface area contributed by atoms with Crippen LogP contribution in [0.4, 0.5) is 20.2 Å². The number of hydrogen-bond donors (Lipinski definition) is 2. The molecule has 19 heavy (non-hydrogen) atoms. The molecule has 0 aliphatic carbocycles. The Balaban J connectivity index is 2.61. The fourth-order valence-electron chi connectivity index (χ4n) is 1.31. The number of nitrogens with two attached hydrogens (primary N) is 1. The summed E-state index contributed by atoms with van der Waals surface area (Å²) in [4.78, 5) is 11.7. The highest BCUT2D eigenvalue weighted by Crippen LogP contribution is 2.24. The van der Waals surface area contributed by atoms with Crippen molar-refractivity contribution in [2.45, 2.75) is 19.5 Å². The fraction of sp³-hybridized carbons (Fsp3) is 0.417. The lowest BCUT2D eigenvalue weighted by molar-refractivity contribution is -0.128. The molecule has 106 valence electrons. The third kappa shape index (κ3) is 4.70. The predicted molar refractivity (Wildman–Crippen MR) is 67.5 cm³/mol. The van der Waals surface area contributed by atoms with Gasteiger partial charge < -0.3 is 20.5 Å². The van der Waals surface area contributed by atoms with Crippen molar-refractivity contribution in [3.63, 3.8) is 0 Å². The molecule has 1 rings (SSSR count). The number of amides is 1. The maximum atomic E-state index is 11.9. The van der Waals surface area contributed by atoms with Crippen molar-refractivity contribution in [1.82, 2.24) is 0 Å². The number of rotatable bonds is 6. The molecule has 0 bridgehead atoms. The second-order valence-corrected chi connectivity index (χ2v) is 3.81. The zero-order valence-electron chi connectivity index (χ0n) is 10.7. The Labute approximate surface area is 109 Å². The summed E-state index contributed by atoms with van der Waals surface area (Å²) in [6.07, 6.45) is -3.60. The van der Waals surface area contributed by atoms with E-state index in [1.165, 1.54) is 14.0 Å². The highest BCUT2D eigenvalue weighted by Gasteiger charge is 2.16. The predicted octanol–water partition coefficient (Wildman–Crippen LogP) is 1.89. The standard InChI is InChI=1S/C12H16F2N2O3/c1-7(19-6-11(13)14)12(17)16-10-4-3-8(18-2)5-9(10)15/h3-5,7,11H,6,15H2,1-2H3,(H,16,17). The van der Waals surface area contributed by atoms with Crippen LogP contribution >= 0.6 is 0 Å². The van der Waals surface area contributed by atoms with E-state index in [1.807, 2.05) is 0 Å². The summed E-state index contributed by atoms with van der Waals surface area (Å²) in [5.41, 5.74) is 6.40. The zero-order chi connectivity index (χ0) is 14.4. The Hall–Kier alpha value is -1.89. The molecular weight excluding hydrogens is 258 g/mol. The molecule has 5 nitrogen and oxygen atoms in total. The number of anilines is 2. The molecule has 0 aliphatic rings. The van der Waals surface area contributed by atoms with E-state index >= 15 is 0 Å². The molecule has 0 heterocycles. The van der Waals surface area contributed by atoms with Crippen LogP contribution < -0.4 is 15.8 Å². The maximum absolute atomic E-state index is 11.9. The molecule has 3 N–H and O–H groups in total. The lowest BCUT2D eigenvalue weighted by Crippen LogP contribution is -2.29. The zero-order valence-corrected chi connectivity index (χ0v) is 10.7. The van der Waals surface area contributed by atoms with E-state index in [9.17, 15) is 13.6 Å². The number of carbonyl (C=O) groups is 1. The van der Waals surface area contributed by atoms with Gasteiger partial charge in [-0.25, -0.2) is 8.78 Å². The third-order valence-electron chi connectivity index (χ3n) is 2.36. The fourth-order valence-corrected chi connectivity index (χ4v) is 1.31.